The second-order valence-corrected chi connectivity index (χ2v) is 4.82. The molecule has 1 aromatic carbocycles. The summed E-state index contributed by atoms with van der Waals surface area (Å²) >= 11 is 0. The van der Waals surface area contributed by atoms with Gasteiger partial charge in [-0.15, -0.1) is 0 Å². The highest BCUT2D eigenvalue weighted by molar-refractivity contribution is 5.48. The van der Waals surface area contributed by atoms with Crippen LogP contribution in [0.5, 0.6) is 0 Å². The first-order valence-corrected chi connectivity index (χ1v) is 6.65. The van der Waals surface area contributed by atoms with Crippen molar-refractivity contribution in [2.24, 2.45) is 0 Å². The Kier molecular flexibility index (Phi) is 7.40. The molecule has 1 heteroatoms. The lowest BCUT2D eigenvalue weighted by Crippen LogP contribution is -2.12. The molecule has 0 N–H and O–H groups in total. The largest absolute Gasteiger partial charge is 0.309 e. The lowest BCUT2D eigenvalue weighted by Gasteiger charge is -2.07. The summed E-state index contributed by atoms with van der Waals surface area (Å²) < 4.78 is 0. The van der Waals surface area contributed by atoms with Crippen molar-refractivity contribution in [3.05, 3.63) is 42.0 Å². The second kappa shape index (κ2) is 9.00. The van der Waals surface area contributed by atoms with Gasteiger partial charge in [-0.1, -0.05) is 55.3 Å². The summed E-state index contributed by atoms with van der Waals surface area (Å²) in [5, 5.41) is 0. The molecule has 0 aromatic heterocycles. The molecule has 0 unspecified atom stereocenters. The van der Waals surface area contributed by atoms with Crippen LogP contribution in [0.2, 0.25) is 0 Å². The molecule has 0 saturated heterocycles. The van der Waals surface area contributed by atoms with Gasteiger partial charge in [0.25, 0.3) is 0 Å². The van der Waals surface area contributed by atoms with Gasteiger partial charge in [0.1, 0.15) is 0 Å². The standard InChI is InChI=1S/C16H25N/c1-17(2)15-11-6-4-3-5-8-12-16-13-9-7-10-14-16/h7-10,12-14H,3-6,11,15H2,1-2H3. The first-order chi connectivity index (χ1) is 8.29. The molecular formula is C16H25N. The van der Waals surface area contributed by atoms with Crippen LogP contribution in [-0.4, -0.2) is 25.5 Å². The van der Waals surface area contributed by atoms with Gasteiger partial charge < -0.3 is 4.90 Å². The Labute approximate surface area is 106 Å². The smallest absolute Gasteiger partial charge is 0.00248 e. The molecule has 1 nitrogen and oxygen atoms in total. The maximum atomic E-state index is 2.29. The van der Waals surface area contributed by atoms with E-state index in [4.69, 9.17) is 0 Å². The number of nitrogens with zero attached hydrogens (tertiary/aromatic N) is 1. The zero-order valence-corrected chi connectivity index (χ0v) is 11.2. The summed E-state index contributed by atoms with van der Waals surface area (Å²) in [4.78, 5) is 2.26. The highest BCUT2D eigenvalue weighted by Gasteiger charge is 1.91. The van der Waals surface area contributed by atoms with Gasteiger partial charge in [0.15, 0.2) is 0 Å². The highest BCUT2D eigenvalue weighted by Crippen LogP contribution is 2.07. The van der Waals surface area contributed by atoms with E-state index in [1.54, 1.807) is 0 Å². The van der Waals surface area contributed by atoms with Crippen LogP contribution < -0.4 is 0 Å². The number of rotatable bonds is 8. The molecule has 0 saturated carbocycles. The summed E-state index contributed by atoms with van der Waals surface area (Å²) in [5.74, 6) is 0. The summed E-state index contributed by atoms with van der Waals surface area (Å²) in [6, 6.07) is 10.5. The van der Waals surface area contributed by atoms with Crippen LogP contribution in [0, 0.1) is 0 Å². The predicted octanol–water partition coefficient (Wildman–Crippen LogP) is 4.21. The minimum atomic E-state index is 1.21. The van der Waals surface area contributed by atoms with E-state index >= 15 is 0 Å². The van der Waals surface area contributed by atoms with E-state index in [9.17, 15) is 0 Å². The molecule has 0 aliphatic carbocycles. The third-order valence-electron chi connectivity index (χ3n) is 2.84. The van der Waals surface area contributed by atoms with Crippen LogP contribution in [0.4, 0.5) is 0 Å². The van der Waals surface area contributed by atoms with Crippen LogP contribution in [0.15, 0.2) is 36.4 Å². The fourth-order valence-electron chi connectivity index (χ4n) is 1.83. The molecule has 1 rings (SSSR count). The molecule has 0 bridgehead atoms. The molecule has 94 valence electrons. The van der Waals surface area contributed by atoms with Gasteiger partial charge >= 0.3 is 0 Å². The highest BCUT2D eigenvalue weighted by atomic mass is 15.0. The van der Waals surface area contributed by atoms with E-state index in [0.717, 1.165) is 0 Å². The second-order valence-electron chi connectivity index (χ2n) is 4.82. The monoisotopic (exact) mass is 231 g/mol. The number of unbranched alkanes of at least 4 members (excludes halogenated alkanes) is 4. The van der Waals surface area contributed by atoms with E-state index in [-0.39, 0.29) is 0 Å². The van der Waals surface area contributed by atoms with Gasteiger partial charge in [-0.3, -0.25) is 0 Å². The first-order valence-electron chi connectivity index (χ1n) is 6.65. The number of hydrogen-bond acceptors (Lipinski definition) is 1. The van der Waals surface area contributed by atoms with Crippen molar-refractivity contribution in [2.45, 2.75) is 32.1 Å². The summed E-state index contributed by atoms with van der Waals surface area (Å²) in [5.41, 5.74) is 1.31. The lowest BCUT2D eigenvalue weighted by atomic mass is 10.1. The minimum absolute atomic E-state index is 1.21. The van der Waals surface area contributed by atoms with Gasteiger partial charge in [0, 0.05) is 0 Å². The zero-order valence-electron chi connectivity index (χ0n) is 11.2. The maximum absolute atomic E-state index is 2.29. The van der Waals surface area contributed by atoms with Gasteiger partial charge in [-0.2, -0.15) is 0 Å². The number of hydrogen-bond donors (Lipinski definition) is 0. The van der Waals surface area contributed by atoms with Crippen molar-refractivity contribution in [2.75, 3.05) is 20.6 Å². The third-order valence-corrected chi connectivity index (χ3v) is 2.84. The quantitative estimate of drug-likeness (QED) is 0.606. The fraction of sp³-hybridized carbons (Fsp3) is 0.500. The van der Waals surface area contributed by atoms with Gasteiger partial charge in [0.2, 0.25) is 0 Å². The average molecular weight is 231 g/mol. The molecule has 0 heterocycles. The Morgan fingerprint density at radius 1 is 0.941 bits per heavy atom. The van der Waals surface area contributed by atoms with Crippen molar-refractivity contribution in [1.82, 2.24) is 4.90 Å². The van der Waals surface area contributed by atoms with Crippen molar-refractivity contribution < 1.29 is 0 Å². The first kappa shape index (κ1) is 14.0. The summed E-state index contributed by atoms with van der Waals surface area (Å²) in [7, 11) is 4.28. The van der Waals surface area contributed by atoms with Crippen LogP contribution in [0.25, 0.3) is 6.08 Å². The van der Waals surface area contributed by atoms with Crippen LogP contribution >= 0.6 is 0 Å². The van der Waals surface area contributed by atoms with E-state index in [1.165, 1.54) is 44.2 Å². The Balaban J connectivity index is 1.99. The van der Waals surface area contributed by atoms with E-state index in [2.05, 4.69) is 61.5 Å². The molecule has 0 radical (unpaired) electrons. The fourth-order valence-corrected chi connectivity index (χ4v) is 1.83. The van der Waals surface area contributed by atoms with E-state index in [1.807, 2.05) is 0 Å². The topological polar surface area (TPSA) is 3.24 Å². The molecule has 0 atom stereocenters. The van der Waals surface area contributed by atoms with Crippen molar-refractivity contribution in [1.29, 1.82) is 0 Å². The van der Waals surface area contributed by atoms with Crippen molar-refractivity contribution in [3.63, 3.8) is 0 Å². The van der Waals surface area contributed by atoms with Gasteiger partial charge in [-0.25, -0.2) is 0 Å². The number of benzene rings is 1. The van der Waals surface area contributed by atoms with E-state index in [0.29, 0.717) is 0 Å². The molecule has 0 spiro atoms. The Morgan fingerprint density at radius 2 is 1.65 bits per heavy atom. The Hall–Kier alpha value is -1.08. The Bertz CT molecular complexity index is 301. The molecule has 17 heavy (non-hydrogen) atoms. The Morgan fingerprint density at radius 3 is 2.35 bits per heavy atom. The molecular weight excluding hydrogens is 206 g/mol. The lowest BCUT2D eigenvalue weighted by molar-refractivity contribution is 0.390. The SMILES string of the molecule is CN(C)CCCCCCC=Cc1ccccc1. The van der Waals surface area contributed by atoms with Gasteiger partial charge in [0.05, 0.1) is 0 Å². The normalized spacial score (nSPS) is 11.5. The third kappa shape index (κ3) is 7.76. The maximum Gasteiger partial charge on any atom is -0.00248 e. The predicted molar refractivity (Wildman–Crippen MR) is 77.1 cm³/mol. The minimum Gasteiger partial charge on any atom is -0.309 e. The van der Waals surface area contributed by atoms with Crippen molar-refractivity contribution in [3.8, 4) is 0 Å². The molecule has 1 aromatic rings. The van der Waals surface area contributed by atoms with Crippen LogP contribution in [-0.2, 0) is 0 Å². The molecule has 0 aliphatic rings. The average Bonchev–Trinajstić information content (AvgIpc) is 2.33. The van der Waals surface area contributed by atoms with Crippen molar-refractivity contribution >= 4 is 6.08 Å². The number of allylic oxidation sites excluding steroid dienone is 1. The summed E-state index contributed by atoms with van der Waals surface area (Å²) in [6.45, 7) is 1.22. The van der Waals surface area contributed by atoms with Crippen LogP contribution in [0.3, 0.4) is 0 Å². The molecule has 0 fully saturated rings. The molecule has 0 amide bonds. The molecule has 0 aliphatic heterocycles. The summed E-state index contributed by atoms with van der Waals surface area (Å²) in [6.07, 6.45) is 11.1. The van der Waals surface area contributed by atoms with Gasteiger partial charge in [-0.05, 0) is 45.5 Å². The zero-order chi connectivity index (χ0) is 12.3. The van der Waals surface area contributed by atoms with Crippen LogP contribution in [0.1, 0.15) is 37.7 Å². The van der Waals surface area contributed by atoms with E-state index < -0.39 is 0 Å².